The van der Waals surface area contributed by atoms with Gasteiger partial charge in [0, 0.05) is 12.8 Å². The number of anilines is 1. The standard InChI is InChI=1S/C12H15NO2/c1-15-12-7-9-5-10(14)4-2-3-8(9)6-11(12)13/h6-7H,2-5,13H2,1H3. The first kappa shape index (κ1) is 10.0. The van der Waals surface area contributed by atoms with Crippen molar-refractivity contribution in [2.45, 2.75) is 25.7 Å². The number of nitrogen functional groups attached to an aromatic ring is 1. The lowest BCUT2D eigenvalue weighted by Gasteiger charge is -2.10. The summed E-state index contributed by atoms with van der Waals surface area (Å²) in [5, 5.41) is 0. The Balaban J connectivity index is 2.44. The van der Waals surface area contributed by atoms with Crippen molar-refractivity contribution >= 4 is 11.5 Å². The van der Waals surface area contributed by atoms with Crippen LogP contribution in [0.15, 0.2) is 12.1 Å². The number of hydrogen-bond acceptors (Lipinski definition) is 3. The van der Waals surface area contributed by atoms with Crippen LogP contribution in [0.2, 0.25) is 0 Å². The fraction of sp³-hybridized carbons (Fsp3) is 0.417. The van der Waals surface area contributed by atoms with Gasteiger partial charge in [-0.3, -0.25) is 4.79 Å². The molecule has 3 heteroatoms. The van der Waals surface area contributed by atoms with Gasteiger partial charge in [0.25, 0.3) is 0 Å². The lowest BCUT2D eigenvalue weighted by molar-refractivity contribution is -0.118. The van der Waals surface area contributed by atoms with Crippen LogP contribution < -0.4 is 10.5 Å². The number of carbonyl (C=O) groups is 1. The molecule has 0 heterocycles. The van der Waals surface area contributed by atoms with Crippen molar-refractivity contribution in [3.05, 3.63) is 23.3 Å². The second-order valence-electron chi connectivity index (χ2n) is 3.93. The number of Topliss-reactive ketones (excluding diaryl/α,β-unsaturated/α-hetero) is 1. The molecule has 0 radical (unpaired) electrons. The van der Waals surface area contributed by atoms with Crippen molar-refractivity contribution in [3.63, 3.8) is 0 Å². The monoisotopic (exact) mass is 205 g/mol. The van der Waals surface area contributed by atoms with Crippen LogP contribution in [0.4, 0.5) is 5.69 Å². The van der Waals surface area contributed by atoms with Crippen LogP contribution >= 0.6 is 0 Å². The van der Waals surface area contributed by atoms with Gasteiger partial charge in [-0.25, -0.2) is 0 Å². The summed E-state index contributed by atoms with van der Waals surface area (Å²) >= 11 is 0. The smallest absolute Gasteiger partial charge is 0.142 e. The third-order valence-electron chi connectivity index (χ3n) is 2.84. The van der Waals surface area contributed by atoms with Gasteiger partial charge in [0.2, 0.25) is 0 Å². The van der Waals surface area contributed by atoms with Crippen LogP contribution in [-0.4, -0.2) is 12.9 Å². The molecule has 1 aliphatic rings. The maximum atomic E-state index is 11.5. The molecule has 0 aromatic heterocycles. The predicted molar refractivity (Wildman–Crippen MR) is 59.1 cm³/mol. The minimum atomic E-state index is 0.306. The summed E-state index contributed by atoms with van der Waals surface area (Å²) in [6, 6.07) is 3.83. The van der Waals surface area contributed by atoms with Crippen LogP contribution in [0, 0.1) is 0 Å². The molecule has 1 aliphatic carbocycles. The molecule has 0 bridgehead atoms. The van der Waals surface area contributed by atoms with E-state index >= 15 is 0 Å². The molecule has 0 amide bonds. The van der Waals surface area contributed by atoms with Crippen LogP contribution in [0.3, 0.4) is 0 Å². The molecule has 0 fully saturated rings. The van der Waals surface area contributed by atoms with Crippen molar-refractivity contribution in [2.24, 2.45) is 0 Å². The second kappa shape index (κ2) is 3.93. The molecule has 1 aromatic rings. The Hall–Kier alpha value is -1.51. The van der Waals surface area contributed by atoms with Gasteiger partial charge in [-0.1, -0.05) is 0 Å². The molecular formula is C12H15NO2. The normalized spacial score (nSPS) is 15.7. The number of methoxy groups -OCH3 is 1. The number of hydrogen-bond donors (Lipinski definition) is 1. The van der Waals surface area contributed by atoms with Gasteiger partial charge in [0.15, 0.2) is 0 Å². The van der Waals surface area contributed by atoms with Gasteiger partial charge in [-0.15, -0.1) is 0 Å². The van der Waals surface area contributed by atoms with Crippen LogP contribution in [0.1, 0.15) is 24.0 Å². The van der Waals surface area contributed by atoms with E-state index in [2.05, 4.69) is 0 Å². The molecule has 0 saturated heterocycles. The molecule has 0 spiro atoms. The predicted octanol–water partition coefficient (Wildman–Crippen LogP) is 1.73. The van der Waals surface area contributed by atoms with E-state index in [4.69, 9.17) is 10.5 Å². The van der Waals surface area contributed by atoms with Crippen LogP contribution in [-0.2, 0) is 17.6 Å². The summed E-state index contributed by atoms with van der Waals surface area (Å²) in [4.78, 5) is 11.5. The first-order valence-corrected chi connectivity index (χ1v) is 5.17. The lowest BCUT2D eigenvalue weighted by Crippen LogP contribution is -2.02. The largest absolute Gasteiger partial charge is 0.495 e. The van der Waals surface area contributed by atoms with Crippen LogP contribution in [0.25, 0.3) is 0 Å². The summed E-state index contributed by atoms with van der Waals surface area (Å²) in [5.41, 5.74) is 8.76. The average molecular weight is 205 g/mol. The minimum absolute atomic E-state index is 0.306. The number of fused-ring (bicyclic) bond motifs is 1. The Morgan fingerprint density at radius 3 is 2.80 bits per heavy atom. The number of ketones is 1. The first-order valence-electron chi connectivity index (χ1n) is 5.17. The van der Waals surface area contributed by atoms with Gasteiger partial charge < -0.3 is 10.5 Å². The van der Waals surface area contributed by atoms with Crippen molar-refractivity contribution < 1.29 is 9.53 Å². The summed E-state index contributed by atoms with van der Waals surface area (Å²) in [6.45, 7) is 0. The molecule has 2 N–H and O–H groups in total. The summed E-state index contributed by atoms with van der Waals surface area (Å²) < 4.78 is 5.15. The minimum Gasteiger partial charge on any atom is -0.495 e. The Kier molecular flexibility index (Phi) is 2.62. The van der Waals surface area contributed by atoms with E-state index in [9.17, 15) is 4.79 Å². The van der Waals surface area contributed by atoms with Crippen LogP contribution in [0.5, 0.6) is 5.75 Å². The third-order valence-corrected chi connectivity index (χ3v) is 2.84. The zero-order chi connectivity index (χ0) is 10.8. The van der Waals surface area contributed by atoms with Gasteiger partial charge >= 0.3 is 0 Å². The fourth-order valence-corrected chi connectivity index (χ4v) is 2.04. The molecule has 1 aromatic carbocycles. The maximum Gasteiger partial charge on any atom is 0.142 e. The summed E-state index contributed by atoms with van der Waals surface area (Å²) in [5.74, 6) is 0.976. The maximum absolute atomic E-state index is 11.5. The Labute approximate surface area is 89.2 Å². The highest BCUT2D eigenvalue weighted by Crippen LogP contribution is 2.29. The Bertz CT molecular complexity index is 399. The SMILES string of the molecule is COc1cc2c(cc1N)CCCC(=O)C2. The topological polar surface area (TPSA) is 52.3 Å². The van der Waals surface area contributed by atoms with E-state index in [0.717, 1.165) is 18.4 Å². The number of carbonyl (C=O) groups excluding carboxylic acids is 1. The van der Waals surface area contributed by atoms with Crippen molar-refractivity contribution in [2.75, 3.05) is 12.8 Å². The highest BCUT2D eigenvalue weighted by molar-refractivity contribution is 5.82. The van der Waals surface area contributed by atoms with Gasteiger partial charge in [-0.05, 0) is 36.1 Å². The molecule has 0 unspecified atom stereocenters. The number of ether oxygens (including phenoxy) is 1. The van der Waals surface area contributed by atoms with E-state index in [0.29, 0.717) is 30.1 Å². The van der Waals surface area contributed by atoms with Gasteiger partial charge in [0.1, 0.15) is 11.5 Å². The third kappa shape index (κ3) is 1.96. The number of rotatable bonds is 1. The Morgan fingerprint density at radius 1 is 1.27 bits per heavy atom. The van der Waals surface area contributed by atoms with Gasteiger partial charge in [-0.2, -0.15) is 0 Å². The molecular weight excluding hydrogens is 190 g/mol. The van der Waals surface area contributed by atoms with Crippen molar-refractivity contribution in [3.8, 4) is 5.75 Å². The van der Waals surface area contributed by atoms with E-state index in [1.54, 1.807) is 7.11 Å². The summed E-state index contributed by atoms with van der Waals surface area (Å²) in [7, 11) is 1.59. The molecule has 0 aliphatic heterocycles. The Morgan fingerprint density at radius 2 is 2.07 bits per heavy atom. The highest BCUT2D eigenvalue weighted by Gasteiger charge is 2.15. The second-order valence-corrected chi connectivity index (χ2v) is 3.93. The van der Waals surface area contributed by atoms with E-state index in [1.807, 2.05) is 12.1 Å². The van der Waals surface area contributed by atoms with Crippen molar-refractivity contribution in [1.82, 2.24) is 0 Å². The summed E-state index contributed by atoms with van der Waals surface area (Å²) in [6.07, 6.45) is 3.07. The highest BCUT2D eigenvalue weighted by atomic mass is 16.5. The fourth-order valence-electron chi connectivity index (χ4n) is 2.04. The van der Waals surface area contributed by atoms with E-state index < -0.39 is 0 Å². The zero-order valence-electron chi connectivity index (χ0n) is 8.88. The number of nitrogens with two attached hydrogens (primary N) is 1. The van der Waals surface area contributed by atoms with Crippen molar-refractivity contribution in [1.29, 1.82) is 0 Å². The molecule has 0 atom stereocenters. The lowest BCUT2D eigenvalue weighted by atomic mass is 10.0. The quantitative estimate of drug-likeness (QED) is 0.561. The van der Waals surface area contributed by atoms with E-state index in [1.165, 1.54) is 5.56 Å². The number of aryl methyl sites for hydroxylation is 1. The molecule has 3 nitrogen and oxygen atoms in total. The number of benzene rings is 1. The molecule has 80 valence electrons. The average Bonchev–Trinajstić information content (AvgIpc) is 2.37. The van der Waals surface area contributed by atoms with E-state index in [-0.39, 0.29) is 0 Å². The molecule has 15 heavy (non-hydrogen) atoms. The molecule has 2 rings (SSSR count). The van der Waals surface area contributed by atoms with Gasteiger partial charge in [0.05, 0.1) is 12.8 Å². The zero-order valence-corrected chi connectivity index (χ0v) is 8.88. The first-order chi connectivity index (χ1) is 7.20. The molecule has 0 saturated carbocycles.